The number of carbonyl (C=O) groups excluding carboxylic acids is 1. The highest BCUT2D eigenvalue weighted by atomic mass is 35.5. The van der Waals surface area contributed by atoms with Gasteiger partial charge in [-0.1, -0.05) is 41.6 Å². The molecule has 0 aliphatic rings. The molecule has 0 fully saturated rings. The van der Waals surface area contributed by atoms with Gasteiger partial charge in [-0.3, -0.25) is 4.79 Å². The first kappa shape index (κ1) is 20.0. The molecule has 0 saturated heterocycles. The largest absolute Gasteiger partial charge is 0.341 e. The second kappa shape index (κ2) is 8.86. The molecule has 0 saturated carbocycles. The van der Waals surface area contributed by atoms with Crippen LogP contribution in [0.1, 0.15) is 29.8 Å². The lowest BCUT2D eigenvalue weighted by molar-refractivity contribution is 0.0958. The molecule has 26 heavy (non-hydrogen) atoms. The Morgan fingerprint density at radius 2 is 1.85 bits per heavy atom. The first-order valence-electron chi connectivity index (χ1n) is 7.93. The van der Waals surface area contributed by atoms with Gasteiger partial charge >= 0.3 is 0 Å². The van der Waals surface area contributed by atoms with Crippen LogP contribution in [0.4, 0.5) is 0 Å². The van der Waals surface area contributed by atoms with E-state index in [2.05, 4.69) is 21.9 Å². The molecule has 7 heteroatoms. The molecule has 1 amide bonds. The van der Waals surface area contributed by atoms with E-state index in [9.17, 15) is 13.2 Å². The third-order valence-electron chi connectivity index (χ3n) is 3.23. The van der Waals surface area contributed by atoms with Gasteiger partial charge < -0.3 is 5.32 Å². The fraction of sp³-hybridized carbons (Fsp3) is 0.211. The quantitative estimate of drug-likeness (QED) is 0.771. The second-order valence-corrected chi connectivity index (χ2v) is 7.89. The molecule has 5 nitrogen and oxygen atoms in total. The van der Waals surface area contributed by atoms with E-state index in [1.165, 1.54) is 18.2 Å². The zero-order valence-corrected chi connectivity index (χ0v) is 16.0. The monoisotopic (exact) mass is 390 g/mol. The number of sulfonamides is 1. The van der Waals surface area contributed by atoms with Crippen molar-refractivity contribution in [1.29, 1.82) is 0 Å². The van der Waals surface area contributed by atoms with Crippen LogP contribution in [0.15, 0.2) is 53.4 Å². The zero-order valence-electron chi connectivity index (χ0n) is 14.4. The van der Waals surface area contributed by atoms with Crippen LogP contribution in [0.2, 0.25) is 5.02 Å². The summed E-state index contributed by atoms with van der Waals surface area (Å²) in [5, 5.41) is 2.79. The Morgan fingerprint density at radius 1 is 1.15 bits per heavy atom. The van der Waals surface area contributed by atoms with Gasteiger partial charge in [0, 0.05) is 11.6 Å². The smallest absolute Gasteiger partial charge is 0.253 e. The van der Waals surface area contributed by atoms with E-state index in [0.717, 1.165) is 5.56 Å². The molecule has 0 unspecified atom stereocenters. The van der Waals surface area contributed by atoms with Gasteiger partial charge in [-0.25, -0.2) is 13.1 Å². The average Bonchev–Trinajstić information content (AvgIpc) is 2.58. The molecule has 0 spiro atoms. The van der Waals surface area contributed by atoms with Crippen molar-refractivity contribution in [1.82, 2.24) is 10.0 Å². The summed E-state index contributed by atoms with van der Waals surface area (Å²) in [6.45, 7) is 3.55. The van der Waals surface area contributed by atoms with Crippen molar-refractivity contribution in [3.63, 3.8) is 0 Å². The number of rotatable bonds is 5. The SMILES string of the molecule is CC(C)NS(=O)(=O)c1ccc(Cl)c(C(=O)NCC#Cc2ccccc2)c1. The Labute approximate surface area is 158 Å². The minimum Gasteiger partial charge on any atom is -0.341 e. The van der Waals surface area contributed by atoms with Crippen LogP contribution in [-0.4, -0.2) is 26.9 Å². The molecule has 0 aliphatic heterocycles. The van der Waals surface area contributed by atoms with Gasteiger partial charge in [-0.05, 0) is 44.2 Å². The molecule has 0 atom stereocenters. The van der Waals surface area contributed by atoms with Crippen molar-refractivity contribution in [2.24, 2.45) is 0 Å². The molecular formula is C19H19ClN2O3S. The van der Waals surface area contributed by atoms with Crippen molar-refractivity contribution < 1.29 is 13.2 Å². The summed E-state index contributed by atoms with van der Waals surface area (Å²) in [5.74, 6) is 5.27. The highest BCUT2D eigenvalue weighted by molar-refractivity contribution is 7.89. The Hall–Kier alpha value is -2.33. The highest BCUT2D eigenvalue weighted by Gasteiger charge is 2.19. The molecule has 2 aromatic rings. The topological polar surface area (TPSA) is 75.3 Å². The van der Waals surface area contributed by atoms with Gasteiger partial charge in [0.1, 0.15) is 0 Å². The lowest BCUT2D eigenvalue weighted by Crippen LogP contribution is -2.30. The van der Waals surface area contributed by atoms with E-state index in [-0.39, 0.29) is 28.1 Å². The normalized spacial score (nSPS) is 10.9. The van der Waals surface area contributed by atoms with Gasteiger partial charge in [0.25, 0.3) is 5.91 Å². The van der Waals surface area contributed by atoms with Crippen LogP contribution < -0.4 is 10.0 Å². The van der Waals surface area contributed by atoms with E-state index in [1.54, 1.807) is 13.8 Å². The minimum absolute atomic E-state index is 0.0175. The van der Waals surface area contributed by atoms with E-state index in [1.807, 2.05) is 30.3 Å². The van der Waals surface area contributed by atoms with Crippen LogP contribution in [0, 0.1) is 11.8 Å². The van der Waals surface area contributed by atoms with Gasteiger partial charge in [-0.15, -0.1) is 0 Å². The molecule has 136 valence electrons. The first-order valence-corrected chi connectivity index (χ1v) is 9.80. The lowest BCUT2D eigenvalue weighted by atomic mass is 10.2. The van der Waals surface area contributed by atoms with E-state index in [4.69, 9.17) is 11.6 Å². The van der Waals surface area contributed by atoms with Gasteiger partial charge in [0.05, 0.1) is 22.0 Å². The summed E-state index contributed by atoms with van der Waals surface area (Å²) in [7, 11) is -3.71. The third kappa shape index (κ3) is 5.60. The number of benzene rings is 2. The Bertz CT molecular complexity index is 946. The standard InChI is InChI=1S/C19H19ClN2O3S/c1-14(2)22-26(24,25)16-10-11-18(20)17(13-16)19(23)21-12-6-9-15-7-4-3-5-8-15/h3-5,7-8,10-11,13-14,22H,12H2,1-2H3,(H,21,23). The van der Waals surface area contributed by atoms with Crippen molar-refractivity contribution in [2.75, 3.05) is 6.54 Å². The Kier molecular flexibility index (Phi) is 6.81. The van der Waals surface area contributed by atoms with Crippen LogP contribution in [0.3, 0.4) is 0 Å². The van der Waals surface area contributed by atoms with Crippen molar-refractivity contribution in [2.45, 2.75) is 24.8 Å². The summed E-state index contributed by atoms with van der Waals surface area (Å²) < 4.78 is 26.9. The number of hydrogen-bond acceptors (Lipinski definition) is 3. The van der Waals surface area contributed by atoms with E-state index >= 15 is 0 Å². The fourth-order valence-corrected chi connectivity index (χ4v) is 3.59. The maximum atomic E-state index is 12.3. The van der Waals surface area contributed by atoms with Crippen LogP contribution in [0.5, 0.6) is 0 Å². The van der Waals surface area contributed by atoms with Crippen LogP contribution >= 0.6 is 11.6 Å². The molecule has 0 heterocycles. The van der Waals surface area contributed by atoms with Crippen LogP contribution in [-0.2, 0) is 10.0 Å². The van der Waals surface area contributed by atoms with Crippen molar-refractivity contribution in [3.05, 3.63) is 64.7 Å². The van der Waals surface area contributed by atoms with Gasteiger partial charge in [0.15, 0.2) is 0 Å². The molecule has 0 aromatic heterocycles. The predicted octanol–water partition coefficient (Wildman–Crippen LogP) is 2.81. The Balaban J connectivity index is 2.11. The summed E-state index contributed by atoms with van der Waals surface area (Å²) in [6, 6.07) is 13.1. The summed E-state index contributed by atoms with van der Waals surface area (Å²) in [4.78, 5) is 12.3. The van der Waals surface area contributed by atoms with Crippen molar-refractivity contribution in [3.8, 4) is 11.8 Å². The van der Waals surface area contributed by atoms with E-state index < -0.39 is 15.9 Å². The molecule has 2 N–H and O–H groups in total. The summed E-state index contributed by atoms with van der Waals surface area (Å²) in [5.41, 5.74) is 0.924. The molecular weight excluding hydrogens is 372 g/mol. The number of carbonyl (C=O) groups is 1. The second-order valence-electron chi connectivity index (χ2n) is 5.77. The zero-order chi connectivity index (χ0) is 19.2. The molecule has 2 rings (SSSR count). The highest BCUT2D eigenvalue weighted by Crippen LogP contribution is 2.20. The predicted molar refractivity (Wildman–Crippen MR) is 103 cm³/mol. The van der Waals surface area contributed by atoms with E-state index in [0.29, 0.717) is 0 Å². The summed E-state index contributed by atoms with van der Waals surface area (Å²) in [6.07, 6.45) is 0. The average molecular weight is 391 g/mol. The molecule has 0 aliphatic carbocycles. The number of hydrogen-bond donors (Lipinski definition) is 2. The number of amides is 1. The lowest BCUT2D eigenvalue weighted by Gasteiger charge is -2.11. The van der Waals surface area contributed by atoms with Gasteiger partial charge in [0.2, 0.25) is 10.0 Å². The van der Waals surface area contributed by atoms with Crippen LogP contribution in [0.25, 0.3) is 0 Å². The summed E-state index contributed by atoms with van der Waals surface area (Å²) >= 11 is 6.04. The first-order chi connectivity index (χ1) is 12.3. The maximum Gasteiger partial charge on any atom is 0.253 e. The number of halogens is 1. The van der Waals surface area contributed by atoms with Gasteiger partial charge in [-0.2, -0.15) is 0 Å². The Morgan fingerprint density at radius 3 is 2.50 bits per heavy atom. The third-order valence-corrected chi connectivity index (χ3v) is 5.21. The molecule has 0 bridgehead atoms. The fourth-order valence-electron chi connectivity index (χ4n) is 2.11. The molecule has 2 aromatic carbocycles. The minimum atomic E-state index is -3.71. The van der Waals surface area contributed by atoms with Crippen molar-refractivity contribution >= 4 is 27.5 Å². The number of nitrogens with one attached hydrogen (secondary N) is 2. The maximum absolute atomic E-state index is 12.3. The molecule has 0 radical (unpaired) electrons.